The van der Waals surface area contributed by atoms with Gasteiger partial charge in [0.25, 0.3) is 0 Å². The van der Waals surface area contributed by atoms with Gasteiger partial charge in [-0.15, -0.1) is 0 Å². The number of aryl methyl sites for hydroxylation is 1. The minimum Gasteiger partial charge on any atom is -0.506 e. The number of fused-ring (bicyclic) bond motifs is 1. The number of nitrogens with one attached hydrogen (secondary N) is 1. The Balaban J connectivity index is 2.26. The molecule has 0 fully saturated rings. The van der Waals surface area contributed by atoms with Crippen LogP contribution in [0.4, 0.5) is 0 Å². The molecule has 0 aliphatic carbocycles. The molecule has 0 atom stereocenters. The summed E-state index contributed by atoms with van der Waals surface area (Å²) in [5.74, 6) is 0.887. The van der Waals surface area contributed by atoms with Crippen LogP contribution < -0.4 is 0 Å². The molecule has 0 spiro atoms. The van der Waals surface area contributed by atoms with Gasteiger partial charge in [-0.25, -0.2) is 4.98 Å². The van der Waals surface area contributed by atoms with Crippen LogP contribution in [0.2, 0.25) is 0 Å². The number of phenols is 1. The lowest BCUT2D eigenvalue weighted by atomic mass is 10.1. The molecule has 0 aliphatic heterocycles. The molecule has 3 nitrogen and oxygen atoms in total. The third-order valence-electron chi connectivity index (χ3n) is 2.85. The molecule has 0 radical (unpaired) electrons. The van der Waals surface area contributed by atoms with Gasteiger partial charge in [-0.1, -0.05) is 12.1 Å². The SMILES string of the molecule is Cc1cc(Br)c(O)c(-c2nc3ccccc3[nH]2)c1. The zero-order valence-electron chi connectivity index (χ0n) is 9.74. The largest absolute Gasteiger partial charge is 0.506 e. The lowest BCUT2D eigenvalue weighted by molar-refractivity contribution is 0.473. The zero-order chi connectivity index (χ0) is 12.7. The highest BCUT2D eigenvalue weighted by atomic mass is 79.9. The van der Waals surface area contributed by atoms with Gasteiger partial charge < -0.3 is 10.1 Å². The third-order valence-corrected chi connectivity index (χ3v) is 3.46. The van der Waals surface area contributed by atoms with Crippen LogP contribution in [-0.4, -0.2) is 15.1 Å². The molecule has 1 heterocycles. The molecule has 0 bridgehead atoms. The second kappa shape index (κ2) is 4.14. The van der Waals surface area contributed by atoms with Crippen molar-refractivity contribution in [1.82, 2.24) is 9.97 Å². The molecule has 2 aromatic carbocycles. The minimum atomic E-state index is 0.208. The average molecular weight is 303 g/mol. The maximum absolute atomic E-state index is 10.1. The van der Waals surface area contributed by atoms with E-state index in [0.29, 0.717) is 15.9 Å². The average Bonchev–Trinajstić information content (AvgIpc) is 2.77. The molecule has 18 heavy (non-hydrogen) atoms. The fourth-order valence-corrected chi connectivity index (χ4v) is 2.57. The number of para-hydroxylation sites is 2. The van der Waals surface area contributed by atoms with Crippen molar-refractivity contribution >= 4 is 27.0 Å². The van der Waals surface area contributed by atoms with E-state index in [1.165, 1.54) is 0 Å². The summed E-state index contributed by atoms with van der Waals surface area (Å²) in [7, 11) is 0. The van der Waals surface area contributed by atoms with Crippen LogP contribution in [0.15, 0.2) is 40.9 Å². The van der Waals surface area contributed by atoms with Crippen LogP contribution in [0.25, 0.3) is 22.4 Å². The summed E-state index contributed by atoms with van der Waals surface area (Å²) in [6.45, 7) is 1.98. The van der Waals surface area contributed by atoms with Crippen LogP contribution in [0, 0.1) is 6.92 Å². The van der Waals surface area contributed by atoms with Crippen LogP contribution in [0.3, 0.4) is 0 Å². The topological polar surface area (TPSA) is 48.9 Å². The van der Waals surface area contributed by atoms with Gasteiger partial charge in [-0.2, -0.15) is 0 Å². The van der Waals surface area contributed by atoms with E-state index >= 15 is 0 Å². The van der Waals surface area contributed by atoms with E-state index in [-0.39, 0.29) is 5.75 Å². The maximum atomic E-state index is 10.1. The number of phenolic OH excluding ortho intramolecular Hbond substituents is 1. The summed E-state index contributed by atoms with van der Waals surface area (Å²) in [6.07, 6.45) is 0. The van der Waals surface area contributed by atoms with Gasteiger partial charge in [0.15, 0.2) is 0 Å². The molecule has 0 saturated heterocycles. The molecule has 1 aromatic heterocycles. The number of aromatic amines is 1. The first-order valence-electron chi connectivity index (χ1n) is 5.59. The predicted molar refractivity (Wildman–Crippen MR) is 75.6 cm³/mol. The quantitative estimate of drug-likeness (QED) is 0.713. The van der Waals surface area contributed by atoms with Crippen molar-refractivity contribution in [2.24, 2.45) is 0 Å². The first-order chi connectivity index (χ1) is 8.65. The second-order valence-corrected chi connectivity index (χ2v) is 5.10. The van der Waals surface area contributed by atoms with Gasteiger partial charge in [0.1, 0.15) is 11.6 Å². The van der Waals surface area contributed by atoms with Gasteiger partial charge in [0.2, 0.25) is 0 Å². The molecule has 0 saturated carbocycles. The fraction of sp³-hybridized carbons (Fsp3) is 0.0714. The third kappa shape index (κ3) is 1.78. The van der Waals surface area contributed by atoms with Crippen LogP contribution >= 0.6 is 15.9 Å². The Morgan fingerprint density at radius 2 is 2.00 bits per heavy atom. The van der Waals surface area contributed by atoms with Gasteiger partial charge in [-0.3, -0.25) is 0 Å². The molecule has 3 aromatic rings. The Labute approximate surface area is 113 Å². The Morgan fingerprint density at radius 3 is 2.78 bits per heavy atom. The molecule has 0 aliphatic rings. The maximum Gasteiger partial charge on any atom is 0.142 e. The standard InChI is InChI=1S/C14H11BrN2O/c1-8-6-9(13(18)10(15)7-8)14-16-11-4-2-3-5-12(11)17-14/h2-7,18H,1H3,(H,16,17). The number of rotatable bonds is 1. The molecule has 4 heteroatoms. The highest BCUT2D eigenvalue weighted by molar-refractivity contribution is 9.10. The monoisotopic (exact) mass is 302 g/mol. The van der Waals surface area contributed by atoms with Crippen LogP contribution in [-0.2, 0) is 0 Å². The van der Waals surface area contributed by atoms with Crippen molar-refractivity contribution in [2.45, 2.75) is 6.92 Å². The number of benzene rings is 2. The number of aromatic nitrogens is 2. The van der Waals surface area contributed by atoms with Crippen molar-refractivity contribution in [1.29, 1.82) is 0 Å². The summed E-state index contributed by atoms with van der Waals surface area (Å²) in [4.78, 5) is 7.70. The Hall–Kier alpha value is -1.81. The minimum absolute atomic E-state index is 0.208. The Kier molecular flexibility index (Phi) is 2.59. The number of halogens is 1. The number of hydrogen-bond donors (Lipinski definition) is 2. The van der Waals surface area contributed by atoms with E-state index in [1.54, 1.807) is 0 Å². The summed E-state index contributed by atoms with van der Waals surface area (Å²) >= 11 is 3.35. The lowest BCUT2D eigenvalue weighted by Crippen LogP contribution is -1.85. The van der Waals surface area contributed by atoms with E-state index in [0.717, 1.165) is 16.6 Å². The fourth-order valence-electron chi connectivity index (χ4n) is 2.00. The molecular weight excluding hydrogens is 292 g/mol. The van der Waals surface area contributed by atoms with Crippen molar-refractivity contribution in [3.63, 3.8) is 0 Å². The molecule has 90 valence electrons. The van der Waals surface area contributed by atoms with Crippen LogP contribution in [0.5, 0.6) is 5.75 Å². The van der Waals surface area contributed by atoms with Crippen LogP contribution in [0.1, 0.15) is 5.56 Å². The van der Waals surface area contributed by atoms with Gasteiger partial charge >= 0.3 is 0 Å². The highest BCUT2D eigenvalue weighted by Crippen LogP contribution is 2.35. The summed E-state index contributed by atoms with van der Waals surface area (Å²) in [5, 5.41) is 10.1. The smallest absolute Gasteiger partial charge is 0.142 e. The van der Waals surface area contributed by atoms with Gasteiger partial charge in [-0.05, 0) is 52.7 Å². The van der Waals surface area contributed by atoms with Crippen molar-refractivity contribution in [3.05, 3.63) is 46.4 Å². The van der Waals surface area contributed by atoms with Crippen molar-refractivity contribution < 1.29 is 5.11 Å². The van der Waals surface area contributed by atoms with E-state index in [1.807, 2.05) is 43.3 Å². The number of imidazole rings is 1. The predicted octanol–water partition coefficient (Wildman–Crippen LogP) is 4.01. The molecule has 0 amide bonds. The number of hydrogen-bond acceptors (Lipinski definition) is 2. The lowest BCUT2D eigenvalue weighted by Gasteiger charge is -2.05. The number of aromatic hydroxyl groups is 1. The van der Waals surface area contributed by atoms with E-state index < -0.39 is 0 Å². The first-order valence-corrected chi connectivity index (χ1v) is 6.38. The van der Waals surface area contributed by atoms with E-state index in [4.69, 9.17) is 0 Å². The zero-order valence-corrected chi connectivity index (χ0v) is 11.3. The highest BCUT2D eigenvalue weighted by Gasteiger charge is 2.12. The normalized spacial score (nSPS) is 11.0. The second-order valence-electron chi connectivity index (χ2n) is 4.25. The molecule has 3 rings (SSSR count). The van der Waals surface area contributed by atoms with E-state index in [2.05, 4.69) is 25.9 Å². The van der Waals surface area contributed by atoms with Crippen molar-refractivity contribution in [2.75, 3.05) is 0 Å². The Morgan fingerprint density at radius 1 is 1.22 bits per heavy atom. The molecule has 2 N–H and O–H groups in total. The summed E-state index contributed by atoms with van der Waals surface area (Å²) in [6, 6.07) is 11.6. The van der Waals surface area contributed by atoms with Gasteiger partial charge in [0.05, 0.1) is 21.1 Å². The summed E-state index contributed by atoms with van der Waals surface area (Å²) < 4.78 is 0.679. The first kappa shape index (κ1) is 11.3. The number of nitrogens with zero attached hydrogens (tertiary/aromatic N) is 1. The van der Waals surface area contributed by atoms with Gasteiger partial charge in [0, 0.05) is 0 Å². The van der Waals surface area contributed by atoms with Crippen molar-refractivity contribution in [3.8, 4) is 17.1 Å². The molecule has 0 unspecified atom stereocenters. The van der Waals surface area contributed by atoms with E-state index in [9.17, 15) is 5.11 Å². The number of H-pyrrole nitrogens is 1. The summed E-state index contributed by atoms with van der Waals surface area (Å²) in [5.41, 5.74) is 3.63. The molecular formula is C14H11BrN2O. The Bertz CT molecular complexity index is 701.